The first-order valence-electron chi connectivity index (χ1n) is 6.24. The molecule has 1 atom stereocenters. The number of para-hydroxylation sites is 1. The van der Waals surface area contributed by atoms with Gasteiger partial charge in [-0.15, -0.1) is 0 Å². The lowest BCUT2D eigenvalue weighted by Gasteiger charge is -2.21. The summed E-state index contributed by atoms with van der Waals surface area (Å²) in [4.78, 5) is 2.12. The molecule has 0 aliphatic carbocycles. The van der Waals surface area contributed by atoms with Crippen LogP contribution in [0.4, 0.5) is 0 Å². The highest BCUT2D eigenvalue weighted by atomic mass is 16.5. The molecule has 0 spiro atoms. The molecule has 0 aliphatic rings. The molecule has 0 aliphatic heterocycles. The van der Waals surface area contributed by atoms with Crippen LogP contribution < -0.4 is 4.74 Å². The average molecular weight is 237 g/mol. The summed E-state index contributed by atoms with van der Waals surface area (Å²) in [6.07, 6.45) is 0.538. The van der Waals surface area contributed by atoms with Gasteiger partial charge in [-0.3, -0.25) is 4.90 Å². The fourth-order valence-corrected chi connectivity index (χ4v) is 1.77. The molecule has 1 N–H and O–H groups in total. The second-order valence-electron chi connectivity index (χ2n) is 4.30. The Labute approximate surface area is 104 Å². The molecular weight excluding hydrogens is 214 g/mol. The topological polar surface area (TPSA) is 32.7 Å². The van der Waals surface area contributed by atoms with Gasteiger partial charge in [0.1, 0.15) is 5.75 Å². The third-order valence-corrected chi connectivity index (χ3v) is 2.71. The molecule has 0 bridgehead atoms. The quantitative estimate of drug-likeness (QED) is 0.789. The molecule has 1 aromatic carbocycles. The summed E-state index contributed by atoms with van der Waals surface area (Å²) in [5, 5.41) is 9.61. The second kappa shape index (κ2) is 7.30. The van der Waals surface area contributed by atoms with E-state index in [9.17, 15) is 5.11 Å². The van der Waals surface area contributed by atoms with E-state index in [4.69, 9.17) is 4.74 Å². The van der Waals surface area contributed by atoms with Crippen molar-refractivity contribution < 1.29 is 9.84 Å². The molecule has 0 saturated carbocycles. The smallest absolute Gasteiger partial charge is 0.123 e. The highest BCUT2D eigenvalue weighted by molar-refractivity contribution is 5.33. The van der Waals surface area contributed by atoms with Crippen LogP contribution in [0.15, 0.2) is 24.3 Å². The van der Waals surface area contributed by atoms with Crippen LogP contribution in [-0.2, 0) is 6.54 Å². The summed E-state index contributed by atoms with van der Waals surface area (Å²) in [6, 6.07) is 8.06. The monoisotopic (exact) mass is 237 g/mol. The minimum atomic E-state index is -0.251. The van der Waals surface area contributed by atoms with E-state index >= 15 is 0 Å². The SMILES string of the molecule is CCOc1ccccc1CN(C)CC(O)CC. The van der Waals surface area contributed by atoms with E-state index in [0.717, 1.165) is 18.7 Å². The first-order chi connectivity index (χ1) is 8.17. The summed E-state index contributed by atoms with van der Waals surface area (Å²) in [6.45, 7) is 6.15. The Bertz CT molecular complexity index is 328. The zero-order valence-corrected chi connectivity index (χ0v) is 11.0. The van der Waals surface area contributed by atoms with E-state index in [2.05, 4.69) is 11.0 Å². The van der Waals surface area contributed by atoms with Crippen LogP contribution in [0.3, 0.4) is 0 Å². The van der Waals surface area contributed by atoms with Gasteiger partial charge in [0.2, 0.25) is 0 Å². The molecule has 0 saturated heterocycles. The van der Waals surface area contributed by atoms with Gasteiger partial charge in [0.25, 0.3) is 0 Å². The van der Waals surface area contributed by atoms with Crippen molar-refractivity contribution in [3.63, 3.8) is 0 Å². The first-order valence-corrected chi connectivity index (χ1v) is 6.24. The van der Waals surface area contributed by atoms with Crippen molar-refractivity contribution in [2.24, 2.45) is 0 Å². The Hall–Kier alpha value is -1.06. The highest BCUT2D eigenvalue weighted by Gasteiger charge is 2.09. The zero-order valence-electron chi connectivity index (χ0n) is 11.0. The molecule has 0 radical (unpaired) electrons. The molecule has 96 valence electrons. The first kappa shape index (κ1) is 14.0. The lowest BCUT2D eigenvalue weighted by atomic mass is 10.2. The summed E-state index contributed by atoms with van der Waals surface area (Å²) in [5.74, 6) is 0.938. The molecule has 1 aromatic rings. The van der Waals surface area contributed by atoms with Gasteiger partial charge in [-0.1, -0.05) is 25.1 Å². The zero-order chi connectivity index (χ0) is 12.7. The predicted molar refractivity (Wildman–Crippen MR) is 70.2 cm³/mol. The summed E-state index contributed by atoms with van der Waals surface area (Å²) < 4.78 is 5.58. The number of ether oxygens (including phenoxy) is 1. The average Bonchev–Trinajstić information content (AvgIpc) is 2.31. The summed E-state index contributed by atoms with van der Waals surface area (Å²) in [5.41, 5.74) is 1.17. The van der Waals surface area contributed by atoms with Crippen molar-refractivity contribution in [1.29, 1.82) is 0 Å². The molecule has 1 unspecified atom stereocenters. The fourth-order valence-electron chi connectivity index (χ4n) is 1.77. The summed E-state index contributed by atoms with van der Waals surface area (Å²) in [7, 11) is 2.02. The molecule has 17 heavy (non-hydrogen) atoms. The van der Waals surface area contributed by atoms with Crippen molar-refractivity contribution in [2.75, 3.05) is 20.2 Å². The molecule has 0 aromatic heterocycles. The third-order valence-electron chi connectivity index (χ3n) is 2.71. The van der Waals surface area contributed by atoms with Crippen LogP contribution in [0.5, 0.6) is 5.75 Å². The number of benzene rings is 1. The lowest BCUT2D eigenvalue weighted by Crippen LogP contribution is -2.28. The van der Waals surface area contributed by atoms with Crippen LogP contribution in [0.1, 0.15) is 25.8 Å². The Morgan fingerprint density at radius 3 is 2.65 bits per heavy atom. The number of hydrogen-bond donors (Lipinski definition) is 1. The Balaban J connectivity index is 2.60. The van der Waals surface area contributed by atoms with Crippen molar-refractivity contribution in [2.45, 2.75) is 32.9 Å². The maximum Gasteiger partial charge on any atom is 0.123 e. The maximum atomic E-state index is 9.61. The maximum absolute atomic E-state index is 9.61. The Morgan fingerprint density at radius 1 is 1.29 bits per heavy atom. The molecule has 3 nitrogen and oxygen atoms in total. The standard InChI is InChI=1S/C14H23NO2/c1-4-13(16)11-15(3)10-12-8-6-7-9-14(12)17-5-2/h6-9,13,16H,4-5,10-11H2,1-3H3. The van der Waals surface area contributed by atoms with E-state index in [1.807, 2.05) is 39.1 Å². The fraction of sp³-hybridized carbons (Fsp3) is 0.571. The predicted octanol–water partition coefficient (Wildman–Crippen LogP) is 2.29. The van der Waals surface area contributed by atoms with Gasteiger partial charge in [-0.2, -0.15) is 0 Å². The number of rotatable bonds is 7. The van der Waals surface area contributed by atoms with Gasteiger partial charge >= 0.3 is 0 Å². The van der Waals surface area contributed by atoms with E-state index < -0.39 is 0 Å². The van der Waals surface area contributed by atoms with E-state index in [-0.39, 0.29) is 6.10 Å². The lowest BCUT2D eigenvalue weighted by molar-refractivity contribution is 0.119. The normalized spacial score (nSPS) is 12.8. The molecule has 3 heteroatoms. The summed E-state index contributed by atoms with van der Waals surface area (Å²) >= 11 is 0. The van der Waals surface area contributed by atoms with Gasteiger partial charge < -0.3 is 9.84 Å². The highest BCUT2D eigenvalue weighted by Crippen LogP contribution is 2.19. The van der Waals surface area contributed by atoms with Gasteiger partial charge in [0.05, 0.1) is 12.7 Å². The van der Waals surface area contributed by atoms with Crippen LogP contribution in [0.2, 0.25) is 0 Å². The molecule has 0 amide bonds. The minimum Gasteiger partial charge on any atom is -0.494 e. The molecule has 1 rings (SSSR count). The van der Waals surface area contributed by atoms with E-state index in [1.165, 1.54) is 5.56 Å². The largest absolute Gasteiger partial charge is 0.494 e. The van der Waals surface area contributed by atoms with Gasteiger partial charge in [-0.05, 0) is 26.5 Å². The van der Waals surface area contributed by atoms with Crippen LogP contribution >= 0.6 is 0 Å². The number of nitrogens with zero attached hydrogens (tertiary/aromatic N) is 1. The molecular formula is C14H23NO2. The third kappa shape index (κ3) is 4.75. The van der Waals surface area contributed by atoms with Crippen molar-refractivity contribution in [1.82, 2.24) is 4.90 Å². The van der Waals surface area contributed by atoms with E-state index in [1.54, 1.807) is 0 Å². The van der Waals surface area contributed by atoms with E-state index in [0.29, 0.717) is 13.2 Å². The van der Waals surface area contributed by atoms with Crippen molar-refractivity contribution in [3.05, 3.63) is 29.8 Å². The van der Waals surface area contributed by atoms with Crippen molar-refractivity contribution in [3.8, 4) is 5.75 Å². The Morgan fingerprint density at radius 2 is 2.00 bits per heavy atom. The number of aliphatic hydroxyl groups excluding tert-OH is 1. The van der Waals surface area contributed by atoms with Gasteiger partial charge in [0.15, 0.2) is 0 Å². The minimum absolute atomic E-state index is 0.251. The van der Waals surface area contributed by atoms with Crippen LogP contribution in [-0.4, -0.2) is 36.3 Å². The van der Waals surface area contributed by atoms with Gasteiger partial charge in [-0.25, -0.2) is 0 Å². The Kier molecular flexibility index (Phi) is 6.01. The van der Waals surface area contributed by atoms with Crippen LogP contribution in [0.25, 0.3) is 0 Å². The molecule has 0 heterocycles. The second-order valence-corrected chi connectivity index (χ2v) is 4.30. The van der Waals surface area contributed by atoms with Crippen LogP contribution in [0, 0.1) is 0 Å². The molecule has 0 fully saturated rings. The number of hydrogen-bond acceptors (Lipinski definition) is 3. The van der Waals surface area contributed by atoms with Crippen molar-refractivity contribution >= 4 is 0 Å². The number of aliphatic hydroxyl groups is 1. The van der Waals surface area contributed by atoms with Gasteiger partial charge in [0, 0.05) is 18.7 Å². The number of likely N-dealkylation sites (N-methyl/N-ethyl adjacent to an activating group) is 1.